The third kappa shape index (κ3) is 7.38. The summed E-state index contributed by atoms with van der Waals surface area (Å²) in [6.45, 7) is 3.52. The highest BCUT2D eigenvalue weighted by atomic mass is 16.5. The molecule has 0 radical (unpaired) electrons. The number of ether oxygens (including phenoxy) is 1. The van der Waals surface area contributed by atoms with Crippen LogP contribution < -0.4 is 5.32 Å². The molecule has 37 heavy (non-hydrogen) atoms. The number of hydrogen-bond acceptors (Lipinski definition) is 8. The lowest BCUT2D eigenvalue weighted by molar-refractivity contribution is -0.118. The predicted octanol–water partition coefficient (Wildman–Crippen LogP) is 2.75. The van der Waals surface area contributed by atoms with Crippen molar-refractivity contribution in [2.24, 2.45) is 4.99 Å². The first kappa shape index (κ1) is 26.9. The Bertz CT molecular complexity index is 1250. The lowest BCUT2D eigenvalue weighted by Crippen LogP contribution is -2.34. The quantitative estimate of drug-likeness (QED) is 0.232. The van der Waals surface area contributed by atoms with Crippen LogP contribution in [-0.4, -0.2) is 69.3 Å². The van der Waals surface area contributed by atoms with E-state index in [-0.39, 0.29) is 35.5 Å². The molecule has 0 fully saturated rings. The van der Waals surface area contributed by atoms with Gasteiger partial charge in [-0.25, -0.2) is 4.99 Å². The van der Waals surface area contributed by atoms with Gasteiger partial charge in [-0.05, 0) is 36.8 Å². The Balaban J connectivity index is 0.000000231. The second-order valence-corrected chi connectivity index (χ2v) is 8.24. The third-order valence-electron chi connectivity index (χ3n) is 5.37. The molecule has 0 aromatic heterocycles. The van der Waals surface area contributed by atoms with Gasteiger partial charge in [-0.1, -0.05) is 42.5 Å². The van der Waals surface area contributed by atoms with Crippen molar-refractivity contribution in [2.75, 3.05) is 19.6 Å². The number of nitrogens with one attached hydrogen (secondary N) is 1. The maximum Gasteiger partial charge on any atom is 0.255 e. The van der Waals surface area contributed by atoms with Crippen molar-refractivity contribution in [3.63, 3.8) is 0 Å². The fraction of sp³-hybridized carbons (Fsp3) is 0.222. The Kier molecular flexibility index (Phi) is 9.31. The Labute approximate surface area is 214 Å². The van der Waals surface area contributed by atoms with Crippen molar-refractivity contribution < 1.29 is 34.8 Å². The molecule has 1 unspecified atom stereocenters. The van der Waals surface area contributed by atoms with Crippen LogP contribution >= 0.6 is 0 Å². The van der Waals surface area contributed by atoms with Crippen LogP contribution in [0.5, 0.6) is 23.0 Å². The van der Waals surface area contributed by atoms with Crippen LogP contribution in [0.2, 0.25) is 0 Å². The first-order valence-electron chi connectivity index (χ1n) is 11.5. The molecule has 10 nitrogen and oxygen atoms in total. The van der Waals surface area contributed by atoms with E-state index < -0.39 is 11.7 Å². The molecule has 0 saturated heterocycles. The van der Waals surface area contributed by atoms with Gasteiger partial charge >= 0.3 is 0 Å². The number of para-hydroxylation sites is 2. The number of rotatable bonds is 8. The molecule has 1 heterocycles. The van der Waals surface area contributed by atoms with Crippen LogP contribution in [-0.2, 0) is 16.1 Å². The van der Waals surface area contributed by atoms with E-state index in [1.54, 1.807) is 12.1 Å². The molecule has 0 bridgehead atoms. The standard InChI is InChI=1S/C17H18N2O4.C10H11NO3/c20-12-19(11-13-5-2-1-3-6-13)10-9-18-17(23)14-7-4-8-15(21)16(14)22;1-6-5-11-10(14-6)7-3-2-4-8(12)9(7)13/h1-8,12,21-22H,9-11H2,(H,18,23);2-4,6,12-13H,5H2,1H3. The topological polar surface area (TPSA) is 152 Å². The predicted molar refractivity (Wildman–Crippen MR) is 137 cm³/mol. The number of amides is 2. The fourth-order valence-corrected chi connectivity index (χ4v) is 3.44. The van der Waals surface area contributed by atoms with E-state index in [1.165, 1.54) is 29.2 Å². The van der Waals surface area contributed by atoms with Gasteiger partial charge in [-0.15, -0.1) is 0 Å². The molecular weight excluding hydrogens is 478 g/mol. The minimum absolute atomic E-state index is 0.00860. The average Bonchev–Trinajstić information content (AvgIpc) is 3.33. The summed E-state index contributed by atoms with van der Waals surface area (Å²) in [7, 11) is 0. The molecule has 1 atom stereocenters. The molecule has 5 N–H and O–H groups in total. The zero-order valence-corrected chi connectivity index (χ0v) is 20.2. The first-order valence-corrected chi connectivity index (χ1v) is 11.5. The zero-order chi connectivity index (χ0) is 26.8. The Morgan fingerprint density at radius 3 is 2.32 bits per heavy atom. The number of phenolic OH excluding ortho intramolecular Hbond substituents is 4. The molecule has 1 aliphatic heterocycles. The van der Waals surface area contributed by atoms with Crippen molar-refractivity contribution in [3.8, 4) is 23.0 Å². The van der Waals surface area contributed by atoms with E-state index in [9.17, 15) is 30.0 Å². The van der Waals surface area contributed by atoms with Gasteiger partial charge in [0.05, 0.1) is 17.7 Å². The molecular formula is C27H29N3O7. The van der Waals surface area contributed by atoms with Crippen molar-refractivity contribution in [3.05, 3.63) is 83.4 Å². The minimum Gasteiger partial charge on any atom is -0.504 e. The molecule has 0 aliphatic carbocycles. The zero-order valence-electron chi connectivity index (χ0n) is 20.2. The summed E-state index contributed by atoms with van der Waals surface area (Å²) in [5.41, 5.74) is 1.43. The molecule has 0 saturated carbocycles. The number of benzene rings is 3. The number of aromatic hydroxyl groups is 4. The number of nitrogens with zero attached hydrogens (tertiary/aromatic N) is 2. The number of phenols is 4. The maximum absolute atomic E-state index is 12.0. The van der Waals surface area contributed by atoms with E-state index >= 15 is 0 Å². The fourth-order valence-electron chi connectivity index (χ4n) is 3.44. The molecule has 194 valence electrons. The molecule has 1 aliphatic rings. The smallest absolute Gasteiger partial charge is 0.255 e. The summed E-state index contributed by atoms with van der Waals surface area (Å²) >= 11 is 0. The van der Waals surface area contributed by atoms with Gasteiger partial charge in [0.2, 0.25) is 12.3 Å². The average molecular weight is 508 g/mol. The van der Waals surface area contributed by atoms with Gasteiger partial charge in [0.1, 0.15) is 6.10 Å². The Morgan fingerprint density at radius 2 is 1.68 bits per heavy atom. The monoisotopic (exact) mass is 507 g/mol. The third-order valence-corrected chi connectivity index (χ3v) is 5.37. The SMILES string of the molecule is CC1CN=C(c2cccc(O)c2O)O1.O=CN(CCNC(=O)c1cccc(O)c1O)Cc1ccccc1. The van der Waals surface area contributed by atoms with Crippen molar-refractivity contribution in [1.82, 2.24) is 10.2 Å². The highest BCUT2D eigenvalue weighted by molar-refractivity contribution is 5.98. The van der Waals surface area contributed by atoms with Gasteiger partial charge in [-0.3, -0.25) is 9.59 Å². The van der Waals surface area contributed by atoms with Crippen molar-refractivity contribution in [2.45, 2.75) is 19.6 Å². The number of carbonyl (C=O) groups excluding carboxylic acids is 2. The number of hydrogen-bond donors (Lipinski definition) is 5. The molecule has 2 amide bonds. The Hall–Kier alpha value is -4.73. The molecule has 10 heteroatoms. The summed E-state index contributed by atoms with van der Waals surface area (Å²) < 4.78 is 5.36. The molecule has 0 spiro atoms. The van der Waals surface area contributed by atoms with E-state index in [0.717, 1.165) is 12.0 Å². The van der Waals surface area contributed by atoms with Gasteiger partial charge in [0, 0.05) is 19.6 Å². The van der Waals surface area contributed by atoms with Crippen LogP contribution in [0.15, 0.2) is 71.7 Å². The van der Waals surface area contributed by atoms with Crippen LogP contribution in [0.3, 0.4) is 0 Å². The van der Waals surface area contributed by atoms with Gasteiger partial charge < -0.3 is 35.4 Å². The van der Waals surface area contributed by atoms with Crippen LogP contribution in [0.1, 0.15) is 28.4 Å². The normalized spacial score (nSPS) is 14.0. The highest BCUT2D eigenvalue weighted by Gasteiger charge is 2.20. The van der Waals surface area contributed by atoms with Crippen molar-refractivity contribution in [1.29, 1.82) is 0 Å². The van der Waals surface area contributed by atoms with E-state index in [2.05, 4.69) is 10.3 Å². The summed E-state index contributed by atoms with van der Waals surface area (Å²) in [5.74, 6) is -1.26. The van der Waals surface area contributed by atoms with Crippen LogP contribution in [0, 0.1) is 0 Å². The number of aliphatic imine (C=N–C) groups is 1. The maximum atomic E-state index is 12.0. The summed E-state index contributed by atoms with van der Waals surface area (Å²) in [6.07, 6.45) is 0.761. The van der Waals surface area contributed by atoms with Crippen LogP contribution in [0.4, 0.5) is 0 Å². The minimum atomic E-state index is -0.510. The molecule has 3 aromatic rings. The van der Waals surface area contributed by atoms with Crippen molar-refractivity contribution >= 4 is 18.2 Å². The van der Waals surface area contributed by atoms with E-state index in [4.69, 9.17) is 4.74 Å². The first-order chi connectivity index (χ1) is 17.8. The second kappa shape index (κ2) is 12.8. The summed E-state index contributed by atoms with van der Waals surface area (Å²) in [4.78, 5) is 28.7. The van der Waals surface area contributed by atoms with Gasteiger partial charge in [0.15, 0.2) is 23.0 Å². The van der Waals surface area contributed by atoms with Gasteiger partial charge in [-0.2, -0.15) is 0 Å². The Morgan fingerprint density at radius 1 is 1.00 bits per heavy atom. The lowest BCUT2D eigenvalue weighted by Gasteiger charge is -2.17. The number of carbonyl (C=O) groups is 2. The largest absolute Gasteiger partial charge is 0.504 e. The van der Waals surface area contributed by atoms with E-state index in [0.29, 0.717) is 31.1 Å². The highest BCUT2D eigenvalue weighted by Crippen LogP contribution is 2.30. The van der Waals surface area contributed by atoms with Crippen LogP contribution in [0.25, 0.3) is 0 Å². The summed E-state index contributed by atoms with van der Waals surface area (Å²) in [6, 6.07) is 18.4. The second-order valence-electron chi connectivity index (χ2n) is 8.24. The lowest BCUT2D eigenvalue weighted by atomic mass is 10.1. The van der Waals surface area contributed by atoms with E-state index in [1.807, 2.05) is 37.3 Å². The summed E-state index contributed by atoms with van der Waals surface area (Å²) in [5, 5.41) is 40.4. The molecule has 4 rings (SSSR count). The molecule has 3 aromatic carbocycles. The van der Waals surface area contributed by atoms with Gasteiger partial charge in [0.25, 0.3) is 5.91 Å².